The van der Waals surface area contributed by atoms with Crippen LogP contribution in [0.5, 0.6) is 0 Å². The van der Waals surface area contributed by atoms with E-state index in [1.807, 2.05) is 30.3 Å². The third kappa shape index (κ3) is 5.38. The predicted octanol–water partition coefficient (Wildman–Crippen LogP) is 6.57. The van der Waals surface area contributed by atoms with Crippen molar-refractivity contribution in [2.75, 3.05) is 0 Å². The SMILES string of the molecule is CCCC/C(=C(/I)CC1CCCCC1)C(O)c1ccccc1. The fraction of sp³-hybridized carbons (Fsp3) is 0.600. The van der Waals surface area contributed by atoms with Gasteiger partial charge in [-0.25, -0.2) is 0 Å². The minimum atomic E-state index is -0.428. The number of aliphatic hydroxyl groups is 1. The minimum Gasteiger partial charge on any atom is -0.384 e. The van der Waals surface area contributed by atoms with Crippen molar-refractivity contribution in [3.63, 3.8) is 0 Å². The molecule has 0 radical (unpaired) electrons. The largest absolute Gasteiger partial charge is 0.384 e. The summed E-state index contributed by atoms with van der Waals surface area (Å²) in [6.07, 6.45) is 11.0. The Morgan fingerprint density at radius 3 is 2.50 bits per heavy atom. The first-order chi connectivity index (χ1) is 10.7. The first-order valence-corrected chi connectivity index (χ1v) is 9.90. The Morgan fingerprint density at radius 1 is 1.18 bits per heavy atom. The molecule has 1 unspecified atom stereocenters. The molecule has 0 bridgehead atoms. The number of aliphatic hydroxyl groups excluding tert-OH is 1. The summed E-state index contributed by atoms with van der Waals surface area (Å²) in [4.78, 5) is 0. The fourth-order valence-electron chi connectivity index (χ4n) is 3.40. The highest BCUT2D eigenvalue weighted by atomic mass is 127. The highest BCUT2D eigenvalue weighted by Gasteiger charge is 2.20. The second kappa shape index (κ2) is 9.71. The van der Waals surface area contributed by atoms with Gasteiger partial charge in [-0.1, -0.05) is 75.8 Å². The summed E-state index contributed by atoms with van der Waals surface area (Å²) in [5.41, 5.74) is 2.30. The highest BCUT2D eigenvalue weighted by molar-refractivity contribution is 14.1. The molecule has 1 nitrogen and oxygen atoms in total. The van der Waals surface area contributed by atoms with E-state index in [-0.39, 0.29) is 0 Å². The van der Waals surface area contributed by atoms with E-state index < -0.39 is 6.10 Å². The Balaban J connectivity index is 2.13. The molecule has 122 valence electrons. The highest BCUT2D eigenvalue weighted by Crippen LogP contribution is 2.37. The van der Waals surface area contributed by atoms with Crippen LogP contribution in [0.4, 0.5) is 0 Å². The Kier molecular flexibility index (Phi) is 7.95. The number of allylic oxidation sites excluding steroid dienone is 1. The van der Waals surface area contributed by atoms with E-state index in [1.165, 1.54) is 54.1 Å². The van der Waals surface area contributed by atoms with Gasteiger partial charge in [0.2, 0.25) is 0 Å². The summed E-state index contributed by atoms with van der Waals surface area (Å²) in [5.74, 6) is 0.834. The second-order valence-corrected chi connectivity index (χ2v) is 7.86. The van der Waals surface area contributed by atoms with Gasteiger partial charge >= 0.3 is 0 Å². The van der Waals surface area contributed by atoms with Gasteiger partial charge in [-0.2, -0.15) is 0 Å². The molecule has 1 aliphatic carbocycles. The zero-order chi connectivity index (χ0) is 15.8. The molecule has 0 aromatic heterocycles. The van der Waals surface area contributed by atoms with Crippen LogP contribution in [0.2, 0.25) is 0 Å². The number of benzene rings is 1. The van der Waals surface area contributed by atoms with Crippen molar-refractivity contribution in [2.45, 2.75) is 70.8 Å². The minimum absolute atomic E-state index is 0.428. The molecule has 1 N–H and O–H groups in total. The summed E-state index contributed by atoms with van der Waals surface area (Å²) < 4.78 is 1.41. The third-order valence-corrected chi connectivity index (χ3v) is 5.92. The molecule has 2 heteroatoms. The molecule has 1 aliphatic rings. The normalized spacial score (nSPS) is 18.9. The van der Waals surface area contributed by atoms with Gasteiger partial charge in [0.15, 0.2) is 0 Å². The van der Waals surface area contributed by atoms with Crippen LogP contribution in [-0.4, -0.2) is 5.11 Å². The predicted molar refractivity (Wildman–Crippen MR) is 103 cm³/mol. The first kappa shape index (κ1) is 18.0. The van der Waals surface area contributed by atoms with Crippen molar-refractivity contribution in [1.29, 1.82) is 0 Å². The maximum Gasteiger partial charge on any atom is 0.101 e. The monoisotopic (exact) mass is 412 g/mol. The summed E-state index contributed by atoms with van der Waals surface area (Å²) in [7, 11) is 0. The topological polar surface area (TPSA) is 20.2 Å². The van der Waals surface area contributed by atoms with E-state index in [1.54, 1.807) is 0 Å². The summed E-state index contributed by atoms with van der Waals surface area (Å²) in [6, 6.07) is 10.1. The molecule has 2 rings (SSSR count). The zero-order valence-electron chi connectivity index (χ0n) is 13.7. The molecule has 1 saturated carbocycles. The van der Waals surface area contributed by atoms with Crippen LogP contribution in [0.25, 0.3) is 0 Å². The first-order valence-electron chi connectivity index (χ1n) is 8.82. The Hall–Kier alpha value is -0.350. The molecule has 0 heterocycles. The summed E-state index contributed by atoms with van der Waals surface area (Å²) >= 11 is 2.51. The molecule has 0 amide bonds. The lowest BCUT2D eigenvalue weighted by Gasteiger charge is -2.24. The van der Waals surface area contributed by atoms with Crippen LogP contribution in [0, 0.1) is 5.92 Å². The third-order valence-electron chi connectivity index (χ3n) is 4.79. The van der Waals surface area contributed by atoms with E-state index in [9.17, 15) is 5.11 Å². The molecule has 22 heavy (non-hydrogen) atoms. The van der Waals surface area contributed by atoms with Crippen molar-refractivity contribution in [3.8, 4) is 0 Å². The maximum absolute atomic E-state index is 10.8. The number of unbranched alkanes of at least 4 members (excludes halogenated alkanes) is 1. The van der Waals surface area contributed by atoms with Crippen LogP contribution in [0.1, 0.15) is 76.4 Å². The van der Waals surface area contributed by atoms with Gasteiger partial charge < -0.3 is 5.11 Å². The van der Waals surface area contributed by atoms with Gasteiger partial charge in [-0.3, -0.25) is 0 Å². The maximum atomic E-state index is 10.8. The van der Waals surface area contributed by atoms with Crippen LogP contribution >= 0.6 is 22.6 Å². The standard InChI is InChI=1S/C20H29IO/c1-2-3-14-18(20(22)17-12-8-5-9-13-17)19(21)15-16-10-6-4-7-11-16/h5,8-9,12-13,16,20,22H,2-4,6-7,10-11,14-15H2,1H3/b19-18-. The average molecular weight is 412 g/mol. The van der Waals surface area contributed by atoms with E-state index in [2.05, 4.69) is 29.5 Å². The average Bonchev–Trinajstić information content (AvgIpc) is 2.56. The van der Waals surface area contributed by atoms with Crippen molar-refractivity contribution in [1.82, 2.24) is 0 Å². The molecule has 0 spiro atoms. The molecular weight excluding hydrogens is 383 g/mol. The molecule has 1 fully saturated rings. The lowest BCUT2D eigenvalue weighted by molar-refractivity contribution is 0.209. The quantitative estimate of drug-likeness (QED) is 0.502. The van der Waals surface area contributed by atoms with Gasteiger partial charge in [-0.15, -0.1) is 0 Å². The number of halogens is 1. The Labute approximate surface area is 149 Å². The van der Waals surface area contributed by atoms with E-state index >= 15 is 0 Å². The van der Waals surface area contributed by atoms with Crippen LogP contribution in [-0.2, 0) is 0 Å². The van der Waals surface area contributed by atoms with Gasteiger partial charge in [0.1, 0.15) is 6.10 Å². The van der Waals surface area contributed by atoms with Gasteiger partial charge in [0.05, 0.1) is 0 Å². The number of hydrogen-bond donors (Lipinski definition) is 1. The van der Waals surface area contributed by atoms with Crippen molar-refractivity contribution in [3.05, 3.63) is 45.0 Å². The molecule has 0 aliphatic heterocycles. The molecule has 1 aromatic rings. The molecule has 1 atom stereocenters. The Morgan fingerprint density at radius 2 is 1.86 bits per heavy atom. The van der Waals surface area contributed by atoms with Crippen LogP contribution in [0.3, 0.4) is 0 Å². The van der Waals surface area contributed by atoms with Crippen LogP contribution in [0.15, 0.2) is 39.5 Å². The van der Waals surface area contributed by atoms with E-state index in [4.69, 9.17) is 0 Å². The zero-order valence-corrected chi connectivity index (χ0v) is 15.9. The summed E-state index contributed by atoms with van der Waals surface area (Å²) in [5, 5.41) is 10.8. The van der Waals surface area contributed by atoms with Crippen LogP contribution < -0.4 is 0 Å². The molecule has 0 saturated heterocycles. The van der Waals surface area contributed by atoms with Crippen molar-refractivity contribution < 1.29 is 5.11 Å². The van der Waals surface area contributed by atoms with E-state index in [0.717, 1.165) is 24.3 Å². The number of hydrogen-bond acceptors (Lipinski definition) is 1. The van der Waals surface area contributed by atoms with Gasteiger partial charge in [0, 0.05) is 0 Å². The van der Waals surface area contributed by atoms with E-state index in [0.29, 0.717) is 0 Å². The fourth-order valence-corrected chi connectivity index (χ4v) is 4.59. The number of rotatable bonds is 7. The lowest BCUT2D eigenvalue weighted by atomic mass is 9.85. The van der Waals surface area contributed by atoms with Gasteiger partial charge in [-0.05, 0) is 62.5 Å². The Bertz CT molecular complexity index is 460. The van der Waals surface area contributed by atoms with Crippen molar-refractivity contribution in [2.24, 2.45) is 5.92 Å². The molecule has 1 aromatic carbocycles. The lowest BCUT2D eigenvalue weighted by Crippen LogP contribution is -2.09. The smallest absolute Gasteiger partial charge is 0.101 e. The second-order valence-electron chi connectivity index (χ2n) is 6.56. The van der Waals surface area contributed by atoms with Crippen molar-refractivity contribution >= 4 is 22.6 Å². The van der Waals surface area contributed by atoms with Gasteiger partial charge in [0.25, 0.3) is 0 Å². The molecular formula is C20H29IO. The summed E-state index contributed by atoms with van der Waals surface area (Å²) in [6.45, 7) is 2.22.